The fourth-order valence-electron chi connectivity index (χ4n) is 4.12. The highest BCUT2D eigenvalue weighted by atomic mass is 16.5. The fourth-order valence-corrected chi connectivity index (χ4v) is 4.12. The molecule has 0 spiro atoms. The van der Waals surface area contributed by atoms with Gasteiger partial charge in [-0.25, -0.2) is 0 Å². The molecular formula is C23H36N2O2. The third kappa shape index (κ3) is 5.79. The van der Waals surface area contributed by atoms with Gasteiger partial charge in [0.25, 0.3) is 0 Å². The Balaban J connectivity index is 1.65. The van der Waals surface area contributed by atoms with Crippen LogP contribution in [-0.2, 0) is 21.5 Å². The molecule has 1 aromatic rings. The maximum absolute atomic E-state index is 13.1. The number of nitrogens with zero attached hydrogens (tertiary/aromatic N) is 2. The third-order valence-electron chi connectivity index (χ3n) is 6.00. The van der Waals surface area contributed by atoms with E-state index in [-0.39, 0.29) is 11.3 Å². The highest BCUT2D eigenvalue weighted by molar-refractivity contribution is 5.79. The highest BCUT2D eigenvalue weighted by Crippen LogP contribution is 2.27. The van der Waals surface area contributed by atoms with E-state index in [0.29, 0.717) is 5.91 Å². The molecule has 0 radical (unpaired) electrons. The van der Waals surface area contributed by atoms with Gasteiger partial charge in [0.1, 0.15) is 0 Å². The first-order chi connectivity index (χ1) is 12.9. The molecule has 4 heteroatoms. The Morgan fingerprint density at radius 1 is 1.11 bits per heavy atom. The second-order valence-corrected chi connectivity index (χ2v) is 9.14. The van der Waals surface area contributed by atoms with E-state index >= 15 is 0 Å². The number of amides is 1. The van der Waals surface area contributed by atoms with Gasteiger partial charge in [0, 0.05) is 38.6 Å². The third-order valence-corrected chi connectivity index (χ3v) is 6.00. The molecule has 1 saturated heterocycles. The van der Waals surface area contributed by atoms with E-state index in [1.54, 1.807) is 0 Å². The maximum Gasteiger partial charge on any atom is 0.226 e. The first-order valence-electron chi connectivity index (χ1n) is 10.6. The van der Waals surface area contributed by atoms with E-state index in [4.69, 9.17) is 4.74 Å². The van der Waals surface area contributed by atoms with Gasteiger partial charge in [-0.15, -0.1) is 0 Å². The number of ether oxygens (including phenoxy) is 1. The van der Waals surface area contributed by atoms with Crippen LogP contribution in [0.4, 0.5) is 0 Å². The quantitative estimate of drug-likeness (QED) is 0.761. The van der Waals surface area contributed by atoms with E-state index in [0.717, 1.165) is 58.8 Å². The van der Waals surface area contributed by atoms with Crippen molar-refractivity contribution < 1.29 is 9.53 Å². The van der Waals surface area contributed by atoms with Gasteiger partial charge in [0.2, 0.25) is 5.91 Å². The molecular weight excluding hydrogens is 336 g/mol. The first kappa shape index (κ1) is 20.3. The molecule has 0 N–H and O–H groups in total. The van der Waals surface area contributed by atoms with Crippen molar-refractivity contribution in [1.29, 1.82) is 0 Å². The zero-order chi connectivity index (χ0) is 19.3. The summed E-state index contributed by atoms with van der Waals surface area (Å²) in [6.07, 6.45) is 4.54. The standard InChI is InChI=1S/C23H36N2O2/c1-23(2,3)21-10-8-19(9-11-21)18-25(22(26)20-6-4-5-7-20)13-12-24-14-16-27-17-15-24/h8-11,20H,4-7,12-18H2,1-3H3. The topological polar surface area (TPSA) is 32.8 Å². The Labute approximate surface area is 164 Å². The second-order valence-electron chi connectivity index (χ2n) is 9.14. The van der Waals surface area contributed by atoms with Gasteiger partial charge < -0.3 is 9.64 Å². The molecule has 0 bridgehead atoms. The number of hydrogen-bond donors (Lipinski definition) is 0. The lowest BCUT2D eigenvalue weighted by Gasteiger charge is -2.31. The van der Waals surface area contributed by atoms with Gasteiger partial charge in [0.15, 0.2) is 0 Å². The summed E-state index contributed by atoms with van der Waals surface area (Å²) < 4.78 is 5.45. The minimum atomic E-state index is 0.161. The molecule has 1 heterocycles. The van der Waals surface area contributed by atoms with E-state index in [1.807, 2.05) is 0 Å². The van der Waals surface area contributed by atoms with Crippen LogP contribution in [0.15, 0.2) is 24.3 Å². The van der Waals surface area contributed by atoms with Gasteiger partial charge in [0.05, 0.1) is 13.2 Å². The summed E-state index contributed by atoms with van der Waals surface area (Å²) >= 11 is 0. The first-order valence-corrected chi connectivity index (χ1v) is 10.6. The van der Waals surface area contributed by atoms with Crippen LogP contribution in [0.25, 0.3) is 0 Å². The van der Waals surface area contributed by atoms with Crippen LogP contribution in [0.2, 0.25) is 0 Å². The SMILES string of the molecule is CC(C)(C)c1ccc(CN(CCN2CCOCC2)C(=O)C2CCCC2)cc1. The molecule has 1 aliphatic heterocycles. The molecule has 1 amide bonds. The van der Waals surface area contributed by atoms with Crippen molar-refractivity contribution in [1.82, 2.24) is 9.80 Å². The number of benzene rings is 1. The summed E-state index contributed by atoms with van der Waals surface area (Å²) in [4.78, 5) is 17.7. The summed E-state index contributed by atoms with van der Waals surface area (Å²) in [7, 11) is 0. The number of carbonyl (C=O) groups is 1. The van der Waals surface area contributed by atoms with Crippen LogP contribution < -0.4 is 0 Å². The smallest absolute Gasteiger partial charge is 0.226 e. The van der Waals surface area contributed by atoms with E-state index in [9.17, 15) is 4.79 Å². The summed E-state index contributed by atoms with van der Waals surface area (Å²) in [5.41, 5.74) is 2.73. The van der Waals surface area contributed by atoms with Crippen molar-refractivity contribution in [3.05, 3.63) is 35.4 Å². The van der Waals surface area contributed by atoms with Crippen LogP contribution in [-0.4, -0.2) is 55.1 Å². The monoisotopic (exact) mass is 372 g/mol. The van der Waals surface area contributed by atoms with Gasteiger partial charge in [-0.3, -0.25) is 9.69 Å². The molecule has 4 nitrogen and oxygen atoms in total. The number of morpholine rings is 1. The molecule has 1 aromatic carbocycles. The largest absolute Gasteiger partial charge is 0.379 e. The average Bonchev–Trinajstić information content (AvgIpc) is 3.20. The zero-order valence-electron chi connectivity index (χ0n) is 17.4. The van der Waals surface area contributed by atoms with Crippen LogP contribution >= 0.6 is 0 Å². The molecule has 0 unspecified atom stereocenters. The predicted octanol–water partition coefficient (Wildman–Crippen LogP) is 3.84. The Kier molecular flexibility index (Phi) is 6.93. The predicted molar refractivity (Wildman–Crippen MR) is 110 cm³/mol. The molecule has 27 heavy (non-hydrogen) atoms. The van der Waals surface area contributed by atoms with Crippen molar-refractivity contribution in [2.45, 2.75) is 58.4 Å². The fraction of sp³-hybridized carbons (Fsp3) is 0.696. The minimum absolute atomic E-state index is 0.161. The van der Waals surface area contributed by atoms with Gasteiger partial charge in [-0.2, -0.15) is 0 Å². The second kappa shape index (κ2) is 9.20. The van der Waals surface area contributed by atoms with Crippen LogP contribution in [0.3, 0.4) is 0 Å². The lowest BCUT2D eigenvalue weighted by atomic mass is 9.87. The average molecular weight is 373 g/mol. The molecule has 0 aromatic heterocycles. The van der Waals surface area contributed by atoms with Crippen molar-refractivity contribution in [3.63, 3.8) is 0 Å². The molecule has 3 rings (SSSR count). The minimum Gasteiger partial charge on any atom is -0.379 e. The van der Waals surface area contributed by atoms with Crippen LogP contribution in [0.1, 0.15) is 57.6 Å². The summed E-state index contributed by atoms with van der Waals surface area (Å²) in [5.74, 6) is 0.601. The van der Waals surface area contributed by atoms with Gasteiger partial charge in [-0.05, 0) is 29.4 Å². The number of rotatable bonds is 6. The summed E-state index contributed by atoms with van der Waals surface area (Å²) in [5, 5.41) is 0. The Bertz CT molecular complexity index is 594. The summed E-state index contributed by atoms with van der Waals surface area (Å²) in [6.45, 7) is 12.8. The summed E-state index contributed by atoms with van der Waals surface area (Å²) in [6, 6.07) is 8.83. The molecule has 1 saturated carbocycles. The lowest BCUT2D eigenvalue weighted by Crippen LogP contribution is -2.44. The molecule has 1 aliphatic carbocycles. The van der Waals surface area contributed by atoms with E-state index in [1.165, 1.54) is 24.0 Å². The van der Waals surface area contributed by atoms with Crippen molar-refractivity contribution in [2.24, 2.45) is 5.92 Å². The lowest BCUT2D eigenvalue weighted by molar-refractivity contribution is -0.136. The normalized spacial score (nSPS) is 19.4. The molecule has 2 aliphatic rings. The van der Waals surface area contributed by atoms with E-state index in [2.05, 4.69) is 54.8 Å². The Morgan fingerprint density at radius 2 is 1.74 bits per heavy atom. The maximum atomic E-state index is 13.1. The van der Waals surface area contributed by atoms with Gasteiger partial charge >= 0.3 is 0 Å². The molecule has 150 valence electrons. The van der Waals surface area contributed by atoms with Crippen molar-refractivity contribution in [2.75, 3.05) is 39.4 Å². The number of carbonyl (C=O) groups excluding carboxylic acids is 1. The number of hydrogen-bond acceptors (Lipinski definition) is 3. The highest BCUT2D eigenvalue weighted by Gasteiger charge is 2.27. The van der Waals surface area contributed by atoms with Crippen molar-refractivity contribution >= 4 is 5.91 Å². The Hall–Kier alpha value is -1.39. The van der Waals surface area contributed by atoms with Gasteiger partial charge in [-0.1, -0.05) is 57.9 Å². The van der Waals surface area contributed by atoms with Crippen LogP contribution in [0, 0.1) is 5.92 Å². The zero-order valence-corrected chi connectivity index (χ0v) is 17.4. The Morgan fingerprint density at radius 3 is 2.33 bits per heavy atom. The molecule has 2 fully saturated rings. The van der Waals surface area contributed by atoms with Crippen molar-refractivity contribution in [3.8, 4) is 0 Å². The van der Waals surface area contributed by atoms with E-state index < -0.39 is 0 Å². The molecule has 0 atom stereocenters. The van der Waals surface area contributed by atoms with Crippen LogP contribution in [0.5, 0.6) is 0 Å².